The summed E-state index contributed by atoms with van der Waals surface area (Å²) in [6.07, 6.45) is 1.48. The molecule has 1 unspecified atom stereocenters. The fourth-order valence-corrected chi connectivity index (χ4v) is 1.02. The van der Waals surface area contributed by atoms with Gasteiger partial charge in [0, 0.05) is 0 Å². The van der Waals surface area contributed by atoms with Crippen molar-refractivity contribution in [2.45, 2.75) is 26.2 Å². The third kappa shape index (κ3) is 8.97. The van der Waals surface area contributed by atoms with Gasteiger partial charge in [-0.25, -0.2) is 0 Å². The van der Waals surface area contributed by atoms with Crippen LogP contribution in [0.25, 0.3) is 0 Å². The number of carbonyl (C=O) groups excluding carboxylic acids is 1. The maximum atomic E-state index is 8.58. The predicted octanol–water partition coefficient (Wildman–Crippen LogP) is 1.88. The first-order valence-electron chi connectivity index (χ1n) is 5.04. The summed E-state index contributed by atoms with van der Waals surface area (Å²) in [4.78, 5) is 8.58. The summed E-state index contributed by atoms with van der Waals surface area (Å²) >= 11 is 0. The predicted molar refractivity (Wildman–Crippen MR) is 65.5 cm³/mol. The highest BCUT2D eigenvalue weighted by Gasteiger charge is 1.98. The largest absolute Gasteiger partial charge is 0.372 e. The molecular formula is C12H22N2O. The Hall–Kier alpha value is -1.35. The maximum absolute atomic E-state index is 8.58. The Balaban J connectivity index is 0. The Labute approximate surface area is 92.5 Å². The van der Waals surface area contributed by atoms with Crippen molar-refractivity contribution in [1.82, 2.24) is 0 Å². The van der Waals surface area contributed by atoms with E-state index in [4.69, 9.17) is 4.79 Å². The summed E-state index contributed by atoms with van der Waals surface area (Å²) in [5.41, 5.74) is 10.1. The van der Waals surface area contributed by atoms with Crippen molar-refractivity contribution < 1.29 is 4.79 Å². The highest BCUT2D eigenvalue weighted by atomic mass is 16.1. The first-order valence-corrected chi connectivity index (χ1v) is 5.04. The van der Waals surface area contributed by atoms with Gasteiger partial charge in [-0.3, -0.25) is 4.79 Å². The van der Waals surface area contributed by atoms with Crippen LogP contribution in [0.2, 0.25) is 0 Å². The number of hydrogen-bond acceptors (Lipinski definition) is 2. The van der Waals surface area contributed by atoms with Gasteiger partial charge in [0.2, 0.25) is 6.41 Å². The van der Waals surface area contributed by atoms with E-state index in [9.17, 15) is 0 Å². The second-order valence-corrected chi connectivity index (χ2v) is 2.86. The number of benzene rings is 1. The van der Waals surface area contributed by atoms with Crippen LogP contribution < -0.4 is 11.5 Å². The van der Waals surface area contributed by atoms with Gasteiger partial charge in [0.05, 0.1) is 0 Å². The second kappa shape index (κ2) is 12.7. The van der Waals surface area contributed by atoms with E-state index in [1.54, 1.807) is 0 Å². The van der Waals surface area contributed by atoms with Crippen LogP contribution in [0.1, 0.15) is 31.7 Å². The van der Waals surface area contributed by atoms with Crippen LogP contribution in [-0.4, -0.2) is 13.5 Å². The molecule has 4 N–H and O–H groups in total. The molecule has 1 rings (SSSR count). The molecule has 0 radical (unpaired) electrons. The van der Waals surface area contributed by atoms with Crippen LogP contribution >= 0.6 is 0 Å². The van der Waals surface area contributed by atoms with Crippen molar-refractivity contribution in [3.63, 3.8) is 0 Å². The Morgan fingerprint density at radius 2 is 1.67 bits per heavy atom. The lowest BCUT2D eigenvalue weighted by atomic mass is 9.99. The number of primary amides is 1. The van der Waals surface area contributed by atoms with E-state index in [1.165, 1.54) is 19.0 Å². The number of amides is 1. The highest BCUT2D eigenvalue weighted by molar-refractivity contribution is 5.42. The quantitative estimate of drug-likeness (QED) is 0.732. The van der Waals surface area contributed by atoms with E-state index in [2.05, 4.69) is 55.6 Å². The fourth-order valence-electron chi connectivity index (χ4n) is 1.02. The van der Waals surface area contributed by atoms with Crippen molar-refractivity contribution in [2.24, 2.45) is 11.5 Å². The van der Waals surface area contributed by atoms with Crippen LogP contribution in [0.3, 0.4) is 0 Å². The van der Waals surface area contributed by atoms with Crippen LogP contribution in [0, 0.1) is 0 Å². The molecule has 0 aromatic heterocycles. The zero-order valence-corrected chi connectivity index (χ0v) is 9.81. The molecule has 1 amide bonds. The first kappa shape index (κ1) is 16.1. The Bertz CT molecular complexity index is 224. The molecule has 1 aromatic rings. The van der Waals surface area contributed by atoms with Gasteiger partial charge in [0.1, 0.15) is 0 Å². The minimum Gasteiger partial charge on any atom is -0.372 e. The van der Waals surface area contributed by atoms with Gasteiger partial charge in [-0.15, -0.1) is 0 Å². The van der Waals surface area contributed by atoms with E-state index in [0.717, 1.165) is 0 Å². The fraction of sp³-hybridized carbons (Fsp3) is 0.417. The van der Waals surface area contributed by atoms with E-state index in [1.807, 2.05) is 0 Å². The van der Waals surface area contributed by atoms with Gasteiger partial charge < -0.3 is 11.5 Å². The van der Waals surface area contributed by atoms with Crippen molar-refractivity contribution in [3.8, 4) is 0 Å². The summed E-state index contributed by atoms with van der Waals surface area (Å²) in [5.74, 6) is 0.709. The van der Waals surface area contributed by atoms with E-state index < -0.39 is 0 Å². The summed E-state index contributed by atoms with van der Waals surface area (Å²) in [7, 11) is 1.50. The lowest BCUT2D eigenvalue weighted by Gasteiger charge is -2.06. The average Bonchev–Trinajstić information content (AvgIpc) is 2.33. The molecule has 0 bridgehead atoms. The molecule has 0 fully saturated rings. The molecule has 1 aromatic carbocycles. The molecule has 15 heavy (non-hydrogen) atoms. The smallest absolute Gasteiger partial charge is 0.204 e. The summed E-state index contributed by atoms with van der Waals surface area (Å²) in [5, 5.41) is 0. The molecule has 86 valence electrons. The Morgan fingerprint density at radius 3 is 2.00 bits per heavy atom. The normalized spacial score (nSPS) is 9.87. The molecule has 0 heterocycles. The standard InChI is InChI=1S/C10H14.CH3NO.CH5N/c1-3-9(2)10-7-5-4-6-8-10;2-1-3;1-2/h4-9H,3H2,1-2H3;1H,(H2,2,3);2H2,1H3. The molecule has 0 saturated heterocycles. The van der Waals surface area contributed by atoms with Crippen LogP contribution in [-0.2, 0) is 4.79 Å². The molecule has 3 heteroatoms. The topological polar surface area (TPSA) is 69.1 Å². The number of carbonyl (C=O) groups is 1. The number of hydrogen-bond donors (Lipinski definition) is 2. The summed E-state index contributed by atoms with van der Waals surface area (Å²) in [6, 6.07) is 10.6. The van der Waals surface area contributed by atoms with E-state index in [-0.39, 0.29) is 6.41 Å². The first-order chi connectivity index (χ1) is 7.26. The van der Waals surface area contributed by atoms with Crippen LogP contribution in [0.15, 0.2) is 30.3 Å². The Kier molecular flexibility index (Phi) is 13.6. The number of rotatable bonds is 2. The molecular weight excluding hydrogens is 188 g/mol. The van der Waals surface area contributed by atoms with Gasteiger partial charge in [-0.05, 0) is 24.9 Å². The monoisotopic (exact) mass is 210 g/mol. The van der Waals surface area contributed by atoms with Gasteiger partial charge >= 0.3 is 0 Å². The molecule has 0 aliphatic carbocycles. The molecule has 0 aliphatic rings. The average molecular weight is 210 g/mol. The molecule has 3 nitrogen and oxygen atoms in total. The molecule has 0 aliphatic heterocycles. The molecule has 0 spiro atoms. The van der Waals surface area contributed by atoms with Crippen molar-refractivity contribution >= 4 is 6.41 Å². The zero-order chi connectivity index (χ0) is 12.1. The summed E-state index contributed by atoms with van der Waals surface area (Å²) < 4.78 is 0. The minimum atomic E-state index is 0.250. The number of nitrogens with two attached hydrogens (primary N) is 2. The molecule has 0 saturated carbocycles. The van der Waals surface area contributed by atoms with Gasteiger partial charge in [-0.1, -0.05) is 44.2 Å². The van der Waals surface area contributed by atoms with Crippen molar-refractivity contribution in [3.05, 3.63) is 35.9 Å². The van der Waals surface area contributed by atoms with E-state index in [0.29, 0.717) is 5.92 Å². The van der Waals surface area contributed by atoms with Crippen LogP contribution in [0.4, 0.5) is 0 Å². The zero-order valence-electron chi connectivity index (χ0n) is 9.81. The van der Waals surface area contributed by atoms with Gasteiger partial charge in [0.15, 0.2) is 0 Å². The lowest BCUT2D eigenvalue weighted by molar-refractivity contribution is -0.106. The van der Waals surface area contributed by atoms with Gasteiger partial charge in [0.25, 0.3) is 0 Å². The highest BCUT2D eigenvalue weighted by Crippen LogP contribution is 2.16. The van der Waals surface area contributed by atoms with Gasteiger partial charge in [-0.2, -0.15) is 0 Å². The SMILES string of the molecule is CCC(C)c1ccccc1.CN.NC=O. The second-order valence-electron chi connectivity index (χ2n) is 2.86. The third-order valence-electron chi connectivity index (χ3n) is 1.98. The Morgan fingerprint density at radius 1 is 1.27 bits per heavy atom. The van der Waals surface area contributed by atoms with E-state index >= 15 is 0 Å². The lowest BCUT2D eigenvalue weighted by Crippen LogP contribution is -1.88. The van der Waals surface area contributed by atoms with Crippen molar-refractivity contribution in [1.29, 1.82) is 0 Å². The minimum absolute atomic E-state index is 0.250. The molecule has 1 atom stereocenters. The summed E-state index contributed by atoms with van der Waals surface area (Å²) in [6.45, 7) is 4.48. The van der Waals surface area contributed by atoms with Crippen molar-refractivity contribution in [2.75, 3.05) is 7.05 Å². The van der Waals surface area contributed by atoms with Crippen LogP contribution in [0.5, 0.6) is 0 Å². The maximum Gasteiger partial charge on any atom is 0.204 e. The third-order valence-corrected chi connectivity index (χ3v) is 1.98.